The van der Waals surface area contributed by atoms with Crippen molar-refractivity contribution in [2.75, 3.05) is 14.2 Å². The molecule has 1 atom stereocenters. The highest BCUT2D eigenvalue weighted by atomic mass is 79.9. The second-order valence-electron chi connectivity index (χ2n) is 8.78. The van der Waals surface area contributed by atoms with Gasteiger partial charge in [-0.3, -0.25) is 9.36 Å². The lowest BCUT2D eigenvalue weighted by molar-refractivity contribution is 0.413. The lowest BCUT2D eigenvalue weighted by Crippen LogP contribution is -2.38. The minimum Gasteiger partial charge on any atom is -0.497 e. The lowest BCUT2D eigenvalue weighted by Gasteiger charge is -2.31. The quantitative estimate of drug-likeness (QED) is 0.350. The van der Waals surface area contributed by atoms with E-state index in [0.29, 0.717) is 15.1 Å². The van der Waals surface area contributed by atoms with Gasteiger partial charge in [0.1, 0.15) is 11.5 Å². The molecule has 0 amide bonds. The van der Waals surface area contributed by atoms with Crippen LogP contribution in [0.4, 0.5) is 0 Å². The molecule has 0 spiro atoms. The maximum absolute atomic E-state index is 13.9. The number of methoxy groups -OCH3 is 2. The number of aryl methyl sites for hydroxylation is 1. The Balaban J connectivity index is 1.63. The molecule has 2 aliphatic rings. The number of ether oxygens (including phenoxy) is 2. The van der Waals surface area contributed by atoms with Crippen LogP contribution in [0.1, 0.15) is 34.7 Å². The smallest absolute Gasteiger partial charge is 0.271 e. The van der Waals surface area contributed by atoms with E-state index >= 15 is 0 Å². The molecule has 2 heterocycles. The zero-order valence-electron chi connectivity index (χ0n) is 19.8. The molecule has 0 fully saturated rings. The fraction of sp³-hybridized carbons (Fsp3) is 0.172. The van der Waals surface area contributed by atoms with Crippen LogP contribution in [0.25, 0.3) is 11.8 Å². The summed E-state index contributed by atoms with van der Waals surface area (Å²) in [6.07, 6.45) is 3.67. The molecular formula is C29H23BrN2O3S. The highest BCUT2D eigenvalue weighted by Gasteiger charge is 2.32. The number of rotatable bonds is 4. The van der Waals surface area contributed by atoms with Gasteiger partial charge in [0.05, 0.1) is 30.5 Å². The topological polar surface area (TPSA) is 52.8 Å². The molecule has 1 aliphatic heterocycles. The molecule has 6 rings (SSSR count). The molecule has 0 N–H and O–H groups in total. The van der Waals surface area contributed by atoms with Gasteiger partial charge in [-0.25, -0.2) is 4.99 Å². The first-order valence-electron chi connectivity index (χ1n) is 11.7. The SMILES string of the molecule is COc1cccc([C@@H]2C3=C(N=c4s/c(=C/c5cc(Br)ccc5OC)c(=O)n42)c2ccccc2CC3)c1. The molecular weight excluding hydrogens is 536 g/mol. The number of fused-ring (bicyclic) bond motifs is 3. The number of hydrogen-bond donors (Lipinski definition) is 0. The third-order valence-corrected chi connectivity index (χ3v) is 8.24. The highest BCUT2D eigenvalue weighted by molar-refractivity contribution is 9.10. The predicted octanol–water partition coefficient (Wildman–Crippen LogP) is 5.10. The predicted molar refractivity (Wildman–Crippen MR) is 146 cm³/mol. The summed E-state index contributed by atoms with van der Waals surface area (Å²) < 4.78 is 14.5. The van der Waals surface area contributed by atoms with Crippen LogP contribution in [0.3, 0.4) is 0 Å². The number of benzene rings is 3. The van der Waals surface area contributed by atoms with Crippen LogP contribution in [0.15, 0.2) is 86.6 Å². The van der Waals surface area contributed by atoms with Gasteiger partial charge >= 0.3 is 0 Å². The third kappa shape index (κ3) is 3.83. The van der Waals surface area contributed by atoms with Crippen LogP contribution in [-0.4, -0.2) is 18.8 Å². The molecule has 0 radical (unpaired) electrons. The Hall–Kier alpha value is -3.42. The van der Waals surface area contributed by atoms with Crippen LogP contribution >= 0.6 is 27.3 Å². The van der Waals surface area contributed by atoms with E-state index in [-0.39, 0.29) is 11.6 Å². The van der Waals surface area contributed by atoms with Gasteiger partial charge in [-0.15, -0.1) is 0 Å². The fourth-order valence-corrected chi connectivity index (χ4v) is 6.46. The minimum atomic E-state index is -0.244. The summed E-state index contributed by atoms with van der Waals surface area (Å²) in [5.41, 5.74) is 6.39. The Morgan fingerprint density at radius 3 is 2.72 bits per heavy atom. The van der Waals surface area contributed by atoms with Crippen molar-refractivity contribution in [3.05, 3.63) is 119 Å². The van der Waals surface area contributed by atoms with Crippen molar-refractivity contribution in [3.63, 3.8) is 0 Å². The summed E-state index contributed by atoms with van der Waals surface area (Å²) in [6.45, 7) is 0. The summed E-state index contributed by atoms with van der Waals surface area (Å²) in [4.78, 5) is 19.7. The summed E-state index contributed by atoms with van der Waals surface area (Å²) >= 11 is 4.94. The zero-order chi connectivity index (χ0) is 24.8. The maximum Gasteiger partial charge on any atom is 0.271 e. The van der Waals surface area contributed by atoms with E-state index in [1.807, 2.05) is 47.0 Å². The van der Waals surface area contributed by atoms with Gasteiger partial charge in [0.25, 0.3) is 5.56 Å². The molecule has 3 aromatic carbocycles. The first kappa shape index (κ1) is 23.0. The Labute approximate surface area is 220 Å². The monoisotopic (exact) mass is 558 g/mol. The lowest BCUT2D eigenvalue weighted by atomic mass is 9.83. The highest BCUT2D eigenvalue weighted by Crippen LogP contribution is 2.41. The fourth-order valence-electron chi connectivity index (χ4n) is 5.09. The molecule has 0 unspecified atom stereocenters. The summed E-state index contributed by atoms with van der Waals surface area (Å²) in [6, 6.07) is 22.0. The average molecular weight is 559 g/mol. The van der Waals surface area contributed by atoms with Crippen molar-refractivity contribution < 1.29 is 9.47 Å². The van der Waals surface area contributed by atoms with Crippen molar-refractivity contribution in [1.29, 1.82) is 0 Å². The van der Waals surface area contributed by atoms with Crippen molar-refractivity contribution in [2.45, 2.75) is 18.9 Å². The summed E-state index contributed by atoms with van der Waals surface area (Å²) in [7, 11) is 3.30. The largest absolute Gasteiger partial charge is 0.497 e. The van der Waals surface area contributed by atoms with E-state index in [4.69, 9.17) is 14.5 Å². The number of hydrogen-bond acceptors (Lipinski definition) is 5. The van der Waals surface area contributed by atoms with Crippen LogP contribution in [0.5, 0.6) is 11.5 Å². The van der Waals surface area contributed by atoms with Gasteiger partial charge in [0.2, 0.25) is 0 Å². The molecule has 36 heavy (non-hydrogen) atoms. The second kappa shape index (κ2) is 9.22. The summed E-state index contributed by atoms with van der Waals surface area (Å²) in [5.74, 6) is 1.48. The Bertz CT molecular complexity index is 1720. The van der Waals surface area contributed by atoms with E-state index in [1.54, 1.807) is 14.2 Å². The average Bonchev–Trinajstić information content (AvgIpc) is 3.21. The van der Waals surface area contributed by atoms with Crippen molar-refractivity contribution in [1.82, 2.24) is 4.57 Å². The van der Waals surface area contributed by atoms with E-state index in [1.165, 1.54) is 22.5 Å². The van der Waals surface area contributed by atoms with Gasteiger partial charge < -0.3 is 9.47 Å². The van der Waals surface area contributed by atoms with Gasteiger partial charge in [-0.05, 0) is 65.9 Å². The van der Waals surface area contributed by atoms with Gasteiger partial charge in [0, 0.05) is 15.6 Å². The van der Waals surface area contributed by atoms with Crippen molar-refractivity contribution in [3.8, 4) is 11.5 Å². The molecule has 0 saturated heterocycles. The standard InChI is InChI=1S/C29H23BrN2O3S/c1-34-21-8-5-7-18(15-21)27-23-12-10-17-6-3-4-9-22(17)26(23)31-29-32(27)28(33)25(36-29)16-19-14-20(30)11-13-24(19)35-2/h3-9,11,13-16,27H,10,12H2,1-2H3/b25-16+/t27-/m1/s1. The van der Waals surface area contributed by atoms with Gasteiger partial charge in [-0.1, -0.05) is 63.7 Å². The van der Waals surface area contributed by atoms with Crippen LogP contribution in [0.2, 0.25) is 0 Å². The van der Waals surface area contributed by atoms with Gasteiger partial charge in [0.15, 0.2) is 4.80 Å². The van der Waals surface area contributed by atoms with Crippen LogP contribution < -0.4 is 24.4 Å². The second-order valence-corrected chi connectivity index (χ2v) is 10.7. The van der Waals surface area contributed by atoms with E-state index in [2.05, 4.69) is 46.3 Å². The van der Waals surface area contributed by atoms with E-state index in [9.17, 15) is 4.79 Å². The van der Waals surface area contributed by atoms with Crippen LogP contribution in [-0.2, 0) is 6.42 Å². The van der Waals surface area contributed by atoms with Gasteiger partial charge in [-0.2, -0.15) is 0 Å². The number of nitrogens with zero attached hydrogens (tertiary/aromatic N) is 2. The number of aromatic nitrogens is 1. The molecule has 1 aromatic heterocycles. The molecule has 180 valence electrons. The molecule has 7 heteroatoms. The molecule has 5 nitrogen and oxygen atoms in total. The normalized spacial score (nSPS) is 16.6. The number of thiazole rings is 1. The minimum absolute atomic E-state index is 0.0565. The zero-order valence-corrected chi connectivity index (χ0v) is 22.2. The van der Waals surface area contributed by atoms with E-state index in [0.717, 1.165) is 45.5 Å². The van der Waals surface area contributed by atoms with Crippen LogP contribution in [0, 0.1) is 0 Å². The first-order valence-corrected chi connectivity index (χ1v) is 13.3. The van der Waals surface area contributed by atoms with E-state index < -0.39 is 0 Å². The maximum atomic E-state index is 13.9. The number of halogens is 1. The summed E-state index contributed by atoms with van der Waals surface area (Å²) in [5, 5.41) is 0. The van der Waals surface area contributed by atoms with Crippen molar-refractivity contribution in [2.24, 2.45) is 4.99 Å². The van der Waals surface area contributed by atoms with Crippen molar-refractivity contribution >= 4 is 39.0 Å². The Morgan fingerprint density at radius 2 is 1.89 bits per heavy atom. The molecule has 0 saturated carbocycles. The Kier molecular flexibility index (Phi) is 5.90. The molecule has 4 aromatic rings. The molecule has 1 aliphatic carbocycles. The first-order chi connectivity index (χ1) is 17.6. The Morgan fingerprint density at radius 1 is 1.03 bits per heavy atom. The third-order valence-electron chi connectivity index (χ3n) is 6.76. The number of allylic oxidation sites excluding steroid dienone is 1. The molecule has 0 bridgehead atoms.